The summed E-state index contributed by atoms with van der Waals surface area (Å²) in [6.07, 6.45) is 1.92. The normalized spacial score (nSPS) is 13.9. The zero-order valence-electron chi connectivity index (χ0n) is 10.9. The van der Waals surface area contributed by atoms with Gasteiger partial charge < -0.3 is 10.4 Å². The molecule has 0 aliphatic carbocycles. The van der Waals surface area contributed by atoms with Crippen molar-refractivity contribution < 1.29 is 9.90 Å². The Kier molecular flexibility index (Phi) is 7.68. The molecule has 0 aliphatic rings. The second-order valence-corrected chi connectivity index (χ2v) is 6.53. The Labute approximate surface area is 127 Å². The molecule has 0 saturated heterocycles. The van der Waals surface area contributed by atoms with Crippen LogP contribution in [0.3, 0.4) is 0 Å². The molecule has 3 nitrogen and oxygen atoms in total. The Bertz CT molecular complexity index is 413. The summed E-state index contributed by atoms with van der Waals surface area (Å²) >= 11 is 8.97. The maximum absolute atomic E-state index is 11.8. The quantitative estimate of drug-likeness (QED) is 0.759. The van der Waals surface area contributed by atoms with Gasteiger partial charge in [-0.15, -0.1) is 11.8 Å². The first-order chi connectivity index (χ1) is 9.08. The minimum Gasteiger partial charge on any atom is -0.395 e. The van der Waals surface area contributed by atoms with Gasteiger partial charge >= 0.3 is 0 Å². The summed E-state index contributed by atoms with van der Waals surface area (Å²) in [5, 5.41) is 12.7. The van der Waals surface area contributed by atoms with Crippen molar-refractivity contribution in [3.8, 4) is 0 Å². The molecule has 0 aliphatic heterocycles. The Balaban J connectivity index is 2.42. The number of nitrogens with one attached hydrogen (secondary N) is 1. The van der Waals surface area contributed by atoms with Gasteiger partial charge in [-0.1, -0.05) is 23.7 Å². The van der Waals surface area contributed by atoms with E-state index in [0.29, 0.717) is 10.8 Å². The van der Waals surface area contributed by atoms with Crippen molar-refractivity contribution in [3.63, 3.8) is 0 Å². The highest BCUT2D eigenvalue weighted by atomic mass is 35.5. The van der Waals surface area contributed by atoms with Crippen molar-refractivity contribution in [1.29, 1.82) is 0 Å². The summed E-state index contributed by atoms with van der Waals surface area (Å²) in [5.74, 6) is 0.269. The molecule has 1 aromatic rings. The lowest BCUT2D eigenvalue weighted by Gasteiger charge is -2.21. The van der Waals surface area contributed by atoms with Crippen molar-refractivity contribution in [2.24, 2.45) is 0 Å². The van der Waals surface area contributed by atoms with Crippen molar-refractivity contribution >= 4 is 41.0 Å². The van der Waals surface area contributed by atoms with Gasteiger partial charge in [0.2, 0.25) is 5.91 Å². The van der Waals surface area contributed by atoms with Gasteiger partial charge in [0.15, 0.2) is 0 Å². The second-order valence-electron chi connectivity index (χ2n) is 4.03. The lowest BCUT2D eigenvalue weighted by Crippen LogP contribution is -2.42. The summed E-state index contributed by atoms with van der Waals surface area (Å²) in [6, 6.07) is 7.39. The Morgan fingerprint density at radius 3 is 2.74 bits per heavy atom. The molecule has 0 bridgehead atoms. The highest BCUT2D eigenvalue weighted by Gasteiger charge is 2.17. The van der Waals surface area contributed by atoms with E-state index < -0.39 is 0 Å². The average Bonchev–Trinajstić information content (AvgIpc) is 2.39. The van der Waals surface area contributed by atoms with Gasteiger partial charge in [0.25, 0.3) is 0 Å². The molecule has 2 unspecified atom stereocenters. The van der Waals surface area contributed by atoms with E-state index in [1.807, 2.05) is 31.4 Å². The van der Waals surface area contributed by atoms with Crippen LogP contribution in [0.5, 0.6) is 0 Å². The van der Waals surface area contributed by atoms with Crippen molar-refractivity contribution in [2.75, 3.05) is 18.6 Å². The molecule has 1 amide bonds. The lowest BCUT2D eigenvalue weighted by molar-refractivity contribution is -0.119. The Morgan fingerprint density at radius 2 is 2.16 bits per heavy atom. The van der Waals surface area contributed by atoms with E-state index in [4.69, 9.17) is 16.7 Å². The number of aliphatic hydroxyl groups is 1. The molecule has 6 heteroatoms. The Hall–Kier alpha value is -0.360. The van der Waals surface area contributed by atoms with Crippen molar-refractivity contribution in [2.45, 2.75) is 23.1 Å². The molecule has 0 fully saturated rings. The number of aliphatic hydroxyl groups excluding tert-OH is 1. The summed E-state index contributed by atoms with van der Waals surface area (Å²) in [4.78, 5) is 12.7. The van der Waals surface area contributed by atoms with Gasteiger partial charge in [-0.3, -0.25) is 4.79 Å². The van der Waals surface area contributed by atoms with Crippen LogP contribution < -0.4 is 5.32 Å². The topological polar surface area (TPSA) is 49.3 Å². The molecule has 2 N–H and O–H groups in total. The maximum atomic E-state index is 11.8. The molecule has 0 heterocycles. The van der Waals surface area contributed by atoms with Crippen LogP contribution in [0.2, 0.25) is 5.02 Å². The van der Waals surface area contributed by atoms with E-state index in [2.05, 4.69) is 5.32 Å². The van der Waals surface area contributed by atoms with Gasteiger partial charge in [0.05, 0.1) is 17.4 Å². The van der Waals surface area contributed by atoms with Crippen molar-refractivity contribution in [3.05, 3.63) is 29.3 Å². The van der Waals surface area contributed by atoms with E-state index in [1.165, 1.54) is 11.8 Å². The van der Waals surface area contributed by atoms with E-state index in [0.717, 1.165) is 4.90 Å². The van der Waals surface area contributed by atoms with E-state index >= 15 is 0 Å². The standard InChI is InChI=1S/C13H18ClNO2S2/c1-9(12(7-16)18-2)15-13(17)8-19-11-6-4-3-5-10(11)14/h3-6,9,12,16H,7-8H2,1-2H3,(H,15,17). The van der Waals surface area contributed by atoms with Crippen molar-refractivity contribution in [1.82, 2.24) is 5.32 Å². The van der Waals surface area contributed by atoms with E-state index in [1.54, 1.807) is 17.8 Å². The number of benzene rings is 1. The molecule has 2 atom stereocenters. The molecule has 19 heavy (non-hydrogen) atoms. The largest absolute Gasteiger partial charge is 0.395 e. The molecule has 0 saturated carbocycles. The fourth-order valence-electron chi connectivity index (χ4n) is 1.53. The zero-order chi connectivity index (χ0) is 14.3. The SMILES string of the molecule is CSC(CO)C(C)NC(=O)CSc1ccccc1Cl. The predicted molar refractivity (Wildman–Crippen MR) is 84.2 cm³/mol. The van der Waals surface area contributed by atoms with Gasteiger partial charge in [-0.25, -0.2) is 0 Å². The third-order valence-corrected chi connectivity index (χ3v) is 5.30. The van der Waals surface area contributed by atoms with E-state index in [9.17, 15) is 4.79 Å². The predicted octanol–water partition coefficient (Wildman–Crippen LogP) is 2.66. The molecule has 0 spiro atoms. The molecule has 1 rings (SSSR count). The highest BCUT2D eigenvalue weighted by molar-refractivity contribution is 8.00. The van der Waals surface area contributed by atoms with Crippen LogP contribution in [0, 0.1) is 0 Å². The summed E-state index contributed by atoms with van der Waals surface area (Å²) < 4.78 is 0. The minimum atomic E-state index is -0.0562. The molecule has 1 aromatic carbocycles. The number of halogens is 1. The van der Waals surface area contributed by atoms with Gasteiger partial charge in [0.1, 0.15) is 0 Å². The minimum absolute atomic E-state index is 0.0225. The number of hydrogen-bond donors (Lipinski definition) is 2. The van der Waals surface area contributed by atoms with E-state index in [-0.39, 0.29) is 23.8 Å². The van der Waals surface area contributed by atoms with Gasteiger partial charge in [0, 0.05) is 16.2 Å². The van der Waals surface area contributed by atoms with Crippen LogP contribution in [0.15, 0.2) is 29.2 Å². The zero-order valence-corrected chi connectivity index (χ0v) is 13.3. The number of hydrogen-bond acceptors (Lipinski definition) is 4. The molecule has 106 valence electrons. The third-order valence-electron chi connectivity index (χ3n) is 2.62. The highest BCUT2D eigenvalue weighted by Crippen LogP contribution is 2.26. The first-order valence-electron chi connectivity index (χ1n) is 5.88. The summed E-state index contributed by atoms with van der Waals surface area (Å²) in [6.45, 7) is 1.95. The fraction of sp³-hybridized carbons (Fsp3) is 0.462. The number of amides is 1. The third kappa shape index (κ3) is 5.65. The Morgan fingerprint density at radius 1 is 1.47 bits per heavy atom. The first-order valence-corrected chi connectivity index (χ1v) is 8.54. The molecule has 0 radical (unpaired) electrons. The maximum Gasteiger partial charge on any atom is 0.230 e. The number of thioether (sulfide) groups is 2. The lowest BCUT2D eigenvalue weighted by atomic mass is 10.2. The monoisotopic (exact) mass is 319 g/mol. The number of rotatable bonds is 7. The number of carbonyl (C=O) groups is 1. The van der Waals surface area contributed by atoms with Crippen LogP contribution in [0.4, 0.5) is 0 Å². The molecule has 0 aromatic heterocycles. The number of carbonyl (C=O) groups excluding carboxylic acids is 1. The first kappa shape index (κ1) is 16.7. The van der Waals surface area contributed by atoms with Crippen LogP contribution in [-0.2, 0) is 4.79 Å². The van der Waals surface area contributed by atoms with Gasteiger partial charge in [-0.2, -0.15) is 11.8 Å². The fourth-order valence-corrected chi connectivity index (χ4v) is 3.21. The van der Waals surface area contributed by atoms with Crippen LogP contribution in [-0.4, -0.2) is 40.9 Å². The average molecular weight is 320 g/mol. The second kappa shape index (κ2) is 8.74. The van der Waals surface area contributed by atoms with Crippen LogP contribution >= 0.6 is 35.1 Å². The summed E-state index contributed by atoms with van der Waals surface area (Å²) in [7, 11) is 0. The van der Waals surface area contributed by atoms with Gasteiger partial charge in [-0.05, 0) is 25.3 Å². The molecular weight excluding hydrogens is 302 g/mol. The smallest absolute Gasteiger partial charge is 0.230 e. The van der Waals surface area contributed by atoms with Crippen LogP contribution in [0.25, 0.3) is 0 Å². The van der Waals surface area contributed by atoms with Crippen LogP contribution in [0.1, 0.15) is 6.92 Å². The summed E-state index contributed by atoms with van der Waals surface area (Å²) in [5.41, 5.74) is 0. The molecular formula is C13H18ClNO2S2.